The summed E-state index contributed by atoms with van der Waals surface area (Å²) in [6.45, 7) is 0.435. The van der Waals surface area contributed by atoms with E-state index in [1.807, 2.05) is 42.5 Å². The van der Waals surface area contributed by atoms with E-state index in [4.69, 9.17) is 15.2 Å². The molecule has 116 valence electrons. The number of rotatable bonds is 5. The summed E-state index contributed by atoms with van der Waals surface area (Å²) in [5.41, 5.74) is 7.75. The predicted octanol–water partition coefficient (Wildman–Crippen LogP) is 3.39. The average molecular weight is 364 g/mol. The van der Waals surface area contributed by atoms with Crippen molar-refractivity contribution < 1.29 is 9.47 Å². The smallest absolute Gasteiger partial charge is 0.193 e. The van der Waals surface area contributed by atoms with E-state index in [2.05, 4.69) is 26.2 Å². The third-order valence-corrected chi connectivity index (χ3v) is 3.56. The zero-order chi connectivity index (χ0) is 15.9. The van der Waals surface area contributed by atoms with Crippen LogP contribution in [0, 0.1) is 0 Å². The van der Waals surface area contributed by atoms with Gasteiger partial charge in [0.25, 0.3) is 0 Å². The molecule has 5 nitrogen and oxygen atoms in total. The zero-order valence-corrected chi connectivity index (χ0v) is 14.1. The molecule has 2 aromatic rings. The predicted molar refractivity (Wildman–Crippen MR) is 92.6 cm³/mol. The topological polar surface area (TPSA) is 68.9 Å². The minimum absolute atomic E-state index is 0.358. The summed E-state index contributed by atoms with van der Waals surface area (Å²) >= 11 is 3.46. The third-order valence-electron chi connectivity index (χ3n) is 2.97. The molecule has 0 saturated carbocycles. The second-order valence-corrected chi connectivity index (χ2v) is 5.36. The number of nitrogens with two attached hydrogens (primary N) is 1. The number of aliphatic imine (C=N–C) groups is 1. The number of benzene rings is 2. The van der Waals surface area contributed by atoms with Crippen molar-refractivity contribution in [1.29, 1.82) is 0 Å². The molecule has 0 aliphatic carbocycles. The molecular weight excluding hydrogens is 346 g/mol. The van der Waals surface area contributed by atoms with Gasteiger partial charge in [0, 0.05) is 5.69 Å². The number of hydrogen-bond acceptors (Lipinski definition) is 3. The molecule has 0 aliphatic rings. The summed E-state index contributed by atoms with van der Waals surface area (Å²) in [7, 11) is 3.20. The number of hydrogen-bond donors (Lipinski definition) is 2. The number of para-hydroxylation sites is 1. The van der Waals surface area contributed by atoms with Crippen molar-refractivity contribution in [3.63, 3.8) is 0 Å². The number of nitrogens with one attached hydrogen (secondary N) is 1. The minimum atomic E-state index is 0.358. The Labute approximate surface area is 138 Å². The van der Waals surface area contributed by atoms with Gasteiger partial charge < -0.3 is 20.5 Å². The van der Waals surface area contributed by atoms with E-state index in [9.17, 15) is 0 Å². The Balaban J connectivity index is 2.10. The number of ether oxygens (including phenoxy) is 2. The van der Waals surface area contributed by atoms with Crippen LogP contribution < -0.4 is 20.5 Å². The van der Waals surface area contributed by atoms with Gasteiger partial charge in [-0.15, -0.1) is 0 Å². The van der Waals surface area contributed by atoms with Crippen molar-refractivity contribution in [2.45, 2.75) is 6.54 Å². The molecule has 0 radical (unpaired) electrons. The van der Waals surface area contributed by atoms with Crippen LogP contribution in [0.15, 0.2) is 51.9 Å². The zero-order valence-electron chi connectivity index (χ0n) is 12.5. The van der Waals surface area contributed by atoms with E-state index in [1.54, 1.807) is 14.2 Å². The highest BCUT2D eigenvalue weighted by Crippen LogP contribution is 2.36. The van der Waals surface area contributed by atoms with Crippen LogP contribution in [0.5, 0.6) is 11.5 Å². The molecular formula is C16H18BrN3O2. The van der Waals surface area contributed by atoms with Gasteiger partial charge in [-0.25, -0.2) is 4.99 Å². The maximum absolute atomic E-state index is 5.89. The van der Waals surface area contributed by atoms with Gasteiger partial charge in [-0.3, -0.25) is 0 Å². The lowest BCUT2D eigenvalue weighted by atomic mass is 10.2. The Morgan fingerprint density at radius 2 is 1.91 bits per heavy atom. The number of halogens is 1. The molecule has 2 rings (SSSR count). The van der Waals surface area contributed by atoms with Gasteiger partial charge in [-0.05, 0) is 45.8 Å². The highest BCUT2D eigenvalue weighted by atomic mass is 79.9. The number of anilines is 1. The Morgan fingerprint density at radius 1 is 1.18 bits per heavy atom. The second kappa shape index (κ2) is 7.70. The first-order valence-corrected chi connectivity index (χ1v) is 7.45. The van der Waals surface area contributed by atoms with Gasteiger partial charge in [-0.1, -0.05) is 18.2 Å². The third kappa shape index (κ3) is 4.14. The van der Waals surface area contributed by atoms with Crippen molar-refractivity contribution in [3.8, 4) is 11.5 Å². The molecule has 2 aromatic carbocycles. The Bertz CT molecular complexity index is 660. The van der Waals surface area contributed by atoms with Crippen LogP contribution in [-0.4, -0.2) is 20.2 Å². The normalized spacial score (nSPS) is 11.1. The number of methoxy groups -OCH3 is 2. The van der Waals surface area contributed by atoms with E-state index in [1.165, 1.54) is 0 Å². The Morgan fingerprint density at radius 3 is 2.55 bits per heavy atom. The van der Waals surface area contributed by atoms with E-state index in [0.717, 1.165) is 15.7 Å². The van der Waals surface area contributed by atoms with E-state index < -0.39 is 0 Å². The quantitative estimate of drug-likeness (QED) is 0.630. The van der Waals surface area contributed by atoms with E-state index in [0.29, 0.717) is 24.0 Å². The van der Waals surface area contributed by atoms with Gasteiger partial charge in [0.1, 0.15) is 0 Å². The summed E-state index contributed by atoms with van der Waals surface area (Å²) in [6, 6.07) is 13.5. The van der Waals surface area contributed by atoms with E-state index >= 15 is 0 Å². The van der Waals surface area contributed by atoms with Crippen molar-refractivity contribution in [3.05, 3.63) is 52.5 Å². The average Bonchev–Trinajstić information content (AvgIpc) is 2.53. The highest BCUT2D eigenvalue weighted by molar-refractivity contribution is 9.10. The molecule has 3 N–H and O–H groups in total. The summed E-state index contributed by atoms with van der Waals surface area (Å²) < 4.78 is 11.4. The van der Waals surface area contributed by atoms with Crippen LogP contribution >= 0.6 is 15.9 Å². The molecule has 0 saturated heterocycles. The largest absolute Gasteiger partial charge is 0.493 e. The molecule has 22 heavy (non-hydrogen) atoms. The van der Waals surface area contributed by atoms with Crippen LogP contribution in [0.4, 0.5) is 5.69 Å². The first-order chi connectivity index (χ1) is 10.6. The summed E-state index contributed by atoms with van der Waals surface area (Å²) in [4.78, 5) is 4.33. The van der Waals surface area contributed by atoms with Gasteiger partial charge in [0.2, 0.25) is 0 Å². The number of guanidine groups is 1. The first kappa shape index (κ1) is 16.2. The molecule has 0 amide bonds. The fraction of sp³-hybridized carbons (Fsp3) is 0.188. The van der Waals surface area contributed by atoms with Gasteiger partial charge >= 0.3 is 0 Å². The van der Waals surface area contributed by atoms with Crippen LogP contribution in [0.2, 0.25) is 0 Å². The Hall–Kier alpha value is -2.21. The lowest BCUT2D eigenvalue weighted by molar-refractivity contribution is 0.352. The van der Waals surface area contributed by atoms with Crippen molar-refractivity contribution in [2.24, 2.45) is 10.7 Å². The summed E-state index contributed by atoms with van der Waals surface area (Å²) in [6.07, 6.45) is 0. The molecule has 0 fully saturated rings. The lowest BCUT2D eigenvalue weighted by Crippen LogP contribution is -2.22. The van der Waals surface area contributed by atoms with Crippen molar-refractivity contribution in [1.82, 2.24) is 0 Å². The van der Waals surface area contributed by atoms with E-state index in [-0.39, 0.29) is 0 Å². The first-order valence-electron chi connectivity index (χ1n) is 6.66. The molecule has 0 aromatic heterocycles. The number of nitrogens with zero attached hydrogens (tertiary/aromatic N) is 1. The summed E-state index contributed by atoms with van der Waals surface area (Å²) in [5, 5.41) is 3.04. The monoisotopic (exact) mass is 363 g/mol. The second-order valence-electron chi connectivity index (χ2n) is 4.51. The van der Waals surface area contributed by atoms with Crippen LogP contribution in [0.1, 0.15) is 5.56 Å². The molecule has 0 atom stereocenters. The van der Waals surface area contributed by atoms with Gasteiger partial charge in [0.05, 0.1) is 25.2 Å². The molecule has 0 heterocycles. The van der Waals surface area contributed by atoms with Crippen LogP contribution in [0.25, 0.3) is 0 Å². The van der Waals surface area contributed by atoms with Crippen molar-refractivity contribution >= 4 is 27.6 Å². The maximum Gasteiger partial charge on any atom is 0.193 e. The van der Waals surface area contributed by atoms with Crippen LogP contribution in [-0.2, 0) is 6.54 Å². The summed E-state index contributed by atoms with van der Waals surface area (Å²) in [5.74, 6) is 1.67. The fourth-order valence-electron chi connectivity index (χ4n) is 1.95. The Kier molecular flexibility index (Phi) is 5.66. The van der Waals surface area contributed by atoms with Gasteiger partial charge in [-0.2, -0.15) is 0 Å². The molecule has 0 bridgehead atoms. The molecule has 6 heteroatoms. The standard InChI is InChI=1S/C16H18BrN3O2/c1-21-14-9-11(8-13(17)15(14)22-2)10-19-16(18)20-12-6-4-3-5-7-12/h3-9H,10H2,1-2H3,(H3,18,19,20). The highest BCUT2D eigenvalue weighted by Gasteiger charge is 2.10. The van der Waals surface area contributed by atoms with Crippen LogP contribution in [0.3, 0.4) is 0 Å². The fourth-order valence-corrected chi connectivity index (χ4v) is 2.60. The molecule has 0 aliphatic heterocycles. The SMILES string of the molecule is COc1cc(CN=C(N)Nc2ccccc2)cc(Br)c1OC. The lowest BCUT2D eigenvalue weighted by Gasteiger charge is -2.11. The van der Waals surface area contributed by atoms with Crippen molar-refractivity contribution in [2.75, 3.05) is 19.5 Å². The molecule has 0 spiro atoms. The molecule has 0 unspecified atom stereocenters. The maximum atomic E-state index is 5.89. The minimum Gasteiger partial charge on any atom is -0.493 e. The van der Waals surface area contributed by atoms with Gasteiger partial charge in [0.15, 0.2) is 17.5 Å².